The third-order valence-corrected chi connectivity index (χ3v) is 0. The standard InChI is InChI=1S/Cu.HNO3.Na.H2O.H/c;2-1(3)4;;;/h;(H,2,3,4);;1H2;/q;;+1;;-1. The molecule has 0 aliphatic heterocycles. The van der Waals surface area contributed by atoms with Crippen molar-refractivity contribution < 1.29 is 63.8 Å². The smallest absolute Gasteiger partial charge is 1.00 e. The third-order valence-electron chi connectivity index (χ3n) is 0. The molecule has 0 spiro atoms. The summed E-state index contributed by atoms with van der Waals surface area (Å²) in [4.78, 5) is 8.36. The van der Waals surface area contributed by atoms with Gasteiger partial charge in [-0.2, -0.15) is 0 Å². The maximum Gasteiger partial charge on any atom is 1.00 e. The van der Waals surface area contributed by atoms with Gasteiger partial charge in [0.2, 0.25) is 0 Å². The Balaban J connectivity index is -0.00000000750. The van der Waals surface area contributed by atoms with Crippen LogP contribution in [0.4, 0.5) is 0 Å². The van der Waals surface area contributed by atoms with Crippen LogP contribution in [0.25, 0.3) is 0 Å². The first-order chi connectivity index (χ1) is 1.73. The van der Waals surface area contributed by atoms with Crippen molar-refractivity contribution in [1.29, 1.82) is 0 Å². The zero-order valence-corrected chi connectivity index (χ0v) is 6.45. The zero-order chi connectivity index (χ0) is 3.58. The summed E-state index contributed by atoms with van der Waals surface area (Å²) in [6.07, 6.45) is 0. The summed E-state index contributed by atoms with van der Waals surface area (Å²) in [5, 5.41) is 13.6. The molecule has 0 bridgehead atoms. The first-order valence-electron chi connectivity index (χ1n) is 0.565. The fourth-order valence-electron chi connectivity index (χ4n) is 0. The van der Waals surface area contributed by atoms with Gasteiger partial charge in [0.15, 0.2) is 0 Å². The quantitative estimate of drug-likeness (QED) is 0.227. The Kier molecular flexibility index (Phi) is 57.5. The van der Waals surface area contributed by atoms with E-state index in [0.717, 1.165) is 0 Å². The van der Waals surface area contributed by atoms with Crippen LogP contribution in [0.15, 0.2) is 0 Å². The molecule has 0 heterocycles. The van der Waals surface area contributed by atoms with Crippen molar-refractivity contribution in [2.45, 2.75) is 0 Å². The van der Waals surface area contributed by atoms with Gasteiger partial charge in [-0.1, -0.05) is 0 Å². The van der Waals surface area contributed by atoms with Gasteiger partial charge in [-0.3, -0.25) is 0 Å². The van der Waals surface area contributed by atoms with Crippen LogP contribution in [-0.2, 0) is 17.1 Å². The molecule has 1 radical (unpaired) electrons. The molecule has 3 N–H and O–H groups in total. The zero-order valence-electron chi connectivity index (χ0n) is 4.51. The van der Waals surface area contributed by atoms with Gasteiger partial charge in [0.05, 0.1) is 0 Å². The molecule has 0 rings (SSSR count). The average molecular weight is 169 g/mol. The van der Waals surface area contributed by atoms with Gasteiger partial charge in [-0.15, -0.1) is 10.1 Å². The molecule has 0 fully saturated rings. The van der Waals surface area contributed by atoms with Gasteiger partial charge in [0.1, 0.15) is 0 Å². The van der Waals surface area contributed by atoms with Crippen LogP contribution >= 0.6 is 0 Å². The van der Waals surface area contributed by atoms with Crippen molar-refractivity contribution in [3.05, 3.63) is 10.1 Å². The molecule has 0 aliphatic rings. The maximum absolute atomic E-state index is 8.36. The van der Waals surface area contributed by atoms with E-state index in [0.29, 0.717) is 0 Å². The van der Waals surface area contributed by atoms with Crippen molar-refractivity contribution >= 4 is 0 Å². The molecule has 0 amide bonds. The van der Waals surface area contributed by atoms with E-state index in [1.165, 1.54) is 0 Å². The summed E-state index contributed by atoms with van der Waals surface area (Å²) in [6.45, 7) is 0. The molecule has 0 aliphatic carbocycles. The molecule has 0 aromatic rings. The molecule has 0 saturated heterocycles. The summed E-state index contributed by atoms with van der Waals surface area (Å²) in [7, 11) is 0. The van der Waals surface area contributed by atoms with Crippen molar-refractivity contribution in [3.8, 4) is 0 Å². The Morgan fingerprint density at radius 1 is 1.71 bits per heavy atom. The second-order valence-electron chi connectivity index (χ2n) is 0.238. The van der Waals surface area contributed by atoms with Crippen molar-refractivity contribution in [1.82, 2.24) is 0 Å². The van der Waals surface area contributed by atoms with Gasteiger partial charge < -0.3 is 12.1 Å². The van der Waals surface area contributed by atoms with Crippen LogP contribution in [0.1, 0.15) is 1.43 Å². The normalized spacial score (nSPS) is 3.43. The van der Waals surface area contributed by atoms with Gasteiger partial charge in [-0.25, -0.2) is 0 Å². The summed E-state index contributed by atoms with van der Waals surface area (Å²) in [6, 6.07) is 0. The summed E-state index contributed by atoms with van der Waals surface area (Å²) in [5.74, 6) is 0. The van der Waals surface area contributed by atoms with Crippen LogP contribution in [0.3, 0.4) is 0 Å². The molecule has 5 nitrogen and oxygen atoms in total. The second kappa shape index (κ2) is 15.9. The summed E-state index contributed by atoms with van der Waals surface area (Å²) in [5.41, 5.74) is 0. The summed E-state index contributed by atoms with van der Waals surface area (Å²) < 4.78 is 0. The minimum Gasteiger partial charge on any atom is -1.00 e. The monoisotopic (exact) mass is 168 g/mol. The van der Waals surface area contributed by atoms with Gasteiger partial charge in [0.25, 0.3) is 5.09 Å². The fourth-order valence-corrected chi connectivity index (χ4v) is 0. The SMILES string of the molecule is O.O=[N+]([O-])O.[Cu].[H-].[Na+]. The molecular weight excluding hydrogens is 165 g/mol. The molecule has 0 aromatic carbocycles. The van der Waals surface area contributed by atoms with Crippen molar-refractivity contribution in [2.24, 2.45) is 0 Å². The van der Waals surface area contributed by atoms with E-state index in [1.807, 2.05) is 0 Å². The fraction of sp³-hybridized carbons (Fsp3) is 0. The predicted molar refractivity (Wildman–Crippen MR) is 13.5 cm³/mol. The minimum atomic E-state index is -1.50. The van der Waals surface area contributed by atoms with E-state index in [4.69, 9.17) is 15.3 Å². The first kappa shape index (κ1) is 25.3. The van der Waals surface area contributed by atoms with Crippen LogP contribution in [0.2, 0.25) is 0 Å². The van der Waals surface area contributed by atoms with Crippen LogP contribution in [0.5, 0.6) is 0 Å². The van der Waals surface area contributed by atoms with Gasteiger partial charge in [0, 0.05) is 17.1 Å². The minimum absolute atomic E-state index is 0. The summed E-state index contributed by atoms with van der Waals surface area (Å²) >= 11 is 0. The van der Waals surface area contributed by atoms with Crippen LogP contribution < -0.4 is 29.6 Å². The van der Waals surface area contributed by atoms with Crippen molar-refractivity contribution in [3.63, 3.8) is 0 Å². The van der Waals surface area contributed by atoms with E-state index in [9.17, 15) is 0 Å². The largest absolute Gasteiger partial charge is 1.00 e. The molecule has 0 aromatic heterocycles. The van der Waals surface area contributed by atoms with Gasteiger partial charge in [-0.05, 0) is 0 Å². The van der Waals surface area contributed by atoms with E-state index in [2.05, 4.69) is 0 Å². The van der Waals surface area contributed by atoms with E-state index >= 15 is 0 Å². The number of hydrogen-bond acceptors (Lipinski definition) is 2. The Labute approximate surface area is 73.8 Å². The first-order valence-corrected chi connectivity index (χ1v) is 0.565. The molecule has 7 heteroatoms. The molecular formula is H4CuNNaO4. The average Bonchev–Trinajstić information content (AvgIpc) is 0.811. The second-order valence-corrected chi connectivity index (χ2v) is 0.238. The van der Waals surface area contributed by atoms with Gasteiger partial charge >= 0.3 is 29.6 Å². The Hall–Kier alpha value is 0.679. The number of rotatable bonds is 0. The van der Waals surface area contributed by atoms with E-state index in [1.54, 1.807) is 0 Å². The van der Waals surface area contributed by atoms with Crippen LogP contribution in [0, 0.1) is 10.1 Å². The molecule has 0 unspecified atom stereocenters. The van der Waals surface area contributed by atoms with E-state index in [-0.39, 0.29) is 53.5 Å². The van der Waals surface area contributed by atoms with Crippen LogP contribution in [-0.4, -0.2) is 15.8 Å². The number of hydrogen-bond donors (Lipinski definition) is 1. The molecule has 45 valence electrons. The third kappa shape index (κ3) is 317. The predicted octanol–water partition coefficient (Wildman–Crippen LogP) is -4.06. The number of nitrogens with zero attached hydrogens (tertiary/aromatic N) is 1. The van der Waals surface area contributed by atoms with E-state index < -0.39 is 5.09 Å². The van der Waals surface area contributed by atoms with Crippen molar-refractivity contribution in [2.75, 3.05) is 0 Å². The maximum atomic E-state index is 8.36. The Morgan fingerprint density at radius 3 is 1.71 bits per heavy atom. The topological polar surface area (TPSA) is 94.9 Å². The Bertz CT molecular complexity index is 39.0. The molecule has 7 heavy (non-hydrogen) atoms. The molecule has 0 atom stereocenters. The Morgan fingerprint density at radius 2 is 1.71 bits per heavy atom. The molecule has 0 saturated carbocycles.